The third-order valence-electron chi connectivity index (χ3n) is 8.56. The second-order valence-corrected chi connectivity index (χ2v) is 9.25. The van der Waals surface area contributed by atoms with E-state index in [4.69, 9.17) is 0 Å². The van der Waals surface area contributed by atoms with Crippen molar-refractivity contribution in [1.29, 1.82) is 0 Å². The minimum Gasteiger partial charge on any atom is -0.295 e. The Morgan fingerprint density at radius 2 is 2.00 bits per heavy atom. The Bertz CT molecular complexity index is 558. The quantitative estimate of drug-likeness (QED) is 0.471. The van der Waals surface area contributed by atoms with E-state index in [1.807, 2.05) is 0 Å². The summed E-state index contributed by atoms with van der Waals surface area (Å²) in [7, 11) is 0. The average Bonchev–Trinajstić information content (AvgIpc) is 2.91. The Morgan fingerprint density at radius 1 is 1.17 bits per heavy atom. The third kappa shape index (κ3) is 2.07. The lowest BCUT2D eigenvalue weighted by atomic mass is 9.47. The molecule has 3 fully saturated rings. The lowest BCUT2D eigenvalue weighted by molar-refractivity contribution is -0.124. The smallest absolute Gasteiger partial charge is 0.158 e. The van der Waals surface area contributed by atoms with Gasteiger partial charge in [-0.2, -0.15) is 0 Å². The van der Waals surface area contributed by atoms with Crippen LogP contribution in [0.5, 0.6) is 0 Å². The summed E-state index contributed by atoms with van der Waals surface area (Å²) >= 11 is 0. The zero-order valence-electron chi connectivity index (χ0n) is 14.9. The molecule has 0 unspecified atom stereocenters. The highest BCUT2D eigenvalue weighted by Gasteiger charge is 2.59. The molecule has 4 aliphatic carbocycles. The van der Waals surface area contributed by atoms with Crippen molar-refractivity contribution < 1.29 is 4.79 Å². The van der Waals surface area contributed by atoms with Gasteiger partial charge >= 0.3 is 0 Å². The van der Waals surface area contributed by atoms with Crippen LogP contribution < -0.4 is 0 Å². The second kappa shape index (κ2) is 5.33. The van der Waals surface area contributed by atoms with E-state index in [-0.39, 0.29) is 11.3 Å². The van der Waals surface area contributed by atoms with Crippen molar-refractivity contribution in [1.82, 2.24) is 0 Å². The van der Waals surface area contributed by atoms with Crippen LogP contribution in [0.3, 0.4) is 0 Å². The topological polar surface area (TPSA) is 17.1 Å². The molecule has 0 aromatic carbocycles. The summed E-state index contributed by atoms with van der Waals surface area (Å²) in [5.74, 6) is 3.01. The van der Waals surface area contributed by atoms with Crippen molar-refractivity contribution in [3.63, 3.8) is 0 Å². The number of hydrogen-bond acceptors (Lipinski definition) is 1. The molecule has 126 valence electrons. The summed E-state index contributed by atoms with van der Waals surface area (Å²) in [5.41, 5.74) is 2.50. The van der Waals surface area contributed by atoms with E-state index in [2.05, 4.69) is 26.5 Å². The fourth-order valence-electron chi connectivity index (χ4n) is 7.31. The molecule has 0 heterocycles. The lowest BCUT2D eigenvalue weighted by Gasteiger charge is -2.57. The standard InChI is InChI=1S/C22H32O/c1-4-20(23)19-11-10-17-16-9-8-15-7-5-6-13-21(15,2)18(16)12-14-22(17,19)3/h4,8,16-19H,1,5-7,9-14H2,2-3H3/t16-,17-,18-,19+,21-,22-/m0/s1. The van der Waals surface area contributed by atoms with E-state index >= 15 is 0 Å². The summed E-state index contributed by atoms with van der Waals surface area (Å²) < 4.78 is 0. The van der Waals surface area contributed by atoms with Gasteiger partial charge in [0.1, 0.15) is 0 Å². The molecule has 4 aliphatic rings. The van der Waals surface area contributed by atoms with E-state index in [0.717, 1.165) is 24.2 Å². The molecular weight excluding hydrogens is 280 g/mol. The maximum atomic E-state index is 12.4. The average molecular weight is 312 g/mol. The van der Waals surface area contributed by atoms with Gasteiger partial charge in [0.05, 0.1) is 0 Å². The van der Waals surface area contributed by atoms with E-state index in [1.54, 1.807) is 11.6 Å². The first kappa shape index (κ1) is 15.7. The highest BCUT2D eigenvalue weighted by Crippen LogP contribution is 2.66. The number of allylic oxidation sites excluding steroid dienone is 3. The fraction of sp³-hybridized carbons (Fsp3) is 0.773. The molecule has 6 atom stereocenters. The molecule has 0 amide bonds. The second-order valence-electron chi connectivity index (χ2n) is 9.25. The van der Waals surface area contributed by atoms with Crippen LogP contribution in [-0.4, -0.2) is 5.78 Å². The van der Waals surface area contributed by atoms with Crippen molar-refractivity contribution in [2.75, 3.05) is 0 Å². The Hall–Kier alpha value is -0.850. The van der Waals surface area contributed by atoms with Crippen molar-refractivity contribution >= 4 is 5.78 Å². The van der Waals surface area contributed by atoms with Crippen LogP contribution in [0.15, 0.2) is 24.3 Å². The van der Waals surface area contributed by atoms with Crippen LogP contribution in [0.2, 0.25) is 0 Å². The number of fused-ring (bicyclic) bond motifs is 5. The molecule has 0 N–H and O–H groups in total. The zero-order chi connectivity index (χ0) is 16.2. The maximum Gasteiger partial charge on any atom is 0.158 e. The van der Waals surface area contributed by atoms with Gasteiger partial charge in [-0.05, 0) is 86.0 Å². The van der Waals surface area contributed by atoms with E-state index < -0.39 is 0 Å². The van der Waals surface area contributed by atoms with Gasteiger partial charge in [-0.3, -0.25) is 4.79 Å². The van der Waals surface area contributed by atoms with Gasteiger partial charge in [-0.25, -0.2) is 0 Å². The molecule has 1 nitrogen and oxygen atoms in total. The predicted octanol–water partition coefficient (Wildman–Crippen LogP) is 5.71. The van der Waals surface area contributed by atoms with E-state index in [0.29, 0.717) is 11.2 Å². The summed E-state index contributed by atoms with van der Waals surface area (Å²) in [6.45, 7) is 8.76. The summed E-state index contributed by atoms with van der Waals surface area (Å²) in [6, 6.07) is 0. The molecular formula is C22H32O. The van der Waals surface area contributed by atoms with Gasteiger partial charge in [-0.15, -0.1) is 0 Å². The molecule has 0 bridgehead atoms. The zero-order valence-corrected chi connectivity index (χ0v) is 14.9. The first-order valence-electron chi connectivity index (χ1n) is 9.86. The normalized spacial score (nSPS) is 48.7. The number of rotatable bonds is 2. The number of hydrogen-bond donors (Lipinski definition) is 0. The third-order valence-corrected chi connectivity index (χ3v) is 8.56. The Balaban J connectivity index is 1.66. The first-order valence-corrected chi connectivity index (χ1v) is 9.86. The molecule has 0 aliphatic heterocycles. The molecule has 4 rings (SSSR count). The Kier molecular flexibility index (Phi) is 3.63. The van der Waals surface area contributed by atoms with Crippen LogP contribution in [0.1, 0.15) is 71.6 Å². The van der Waals surface area contributed by atoms with E-state index in [1.165, 1.54) is 51.4 Å². The molecule has 0 aromatic heterocycles. The fourth-order valence-corrected chi connectivity index (χ4v) is 7.31. The molecule has 0 spiro atoms. The molecule has 0 saturated heterocycles. The van der Waals surface area contributed by atoms with Crippen molar-refractivity contribution in [3.05, 3.63) is 24.3 Å². The largest absolute Gasteiger partial charge is 0.295 e. The van der Waals surface area contributed by atoms with Gasteiger partial charge in [0.15, 0.2) is 5.78 Å². The lowest BCUT2D eigenvalue weighted by Crippen LogP contribution is -2.50. The van der Waals surface area contributed by atoms with Crippen molar-refractivity contribution in [2.45, 2.75) is 71.6 Å². The Labute approximate surface area is 141 Å². The Morgan fingerprint density at radius 3 is 2.78 bits per heavy atom. The number of carbonyl (C=O) groups excluding carboxylic acids is 1. The minimum atomic E-state index is 0.239. The SMILES string of the molecule is C=CC(=O)[C@H]1CC[C@H]2[C@@H]3CC=C4CCCC[C@]4(C)[C@H]3CC[C@]12C. The highest BCUT2D eigenvalue weighted by atomic mass is 16.1. The van der Waals surface area contributed by atoms with Crippen molar-refractivity contribution in [2.24, 2.45) is 34.5 Å². The molecule has 23 heavy (non-hydrogen) atoms. The van der Waals surface area contributed by atoms with Crippen molar-refractivity contribution in [3.8, 4) is 0 Å². The maximum absolute atomic E-state index is 12.4. The van der Waals surface area contributed by atoms with E-state index in [9.17, 15) is 4.79 Å². The monoisotopic (exact) mass is 312 g/mol. The van der Waals surface area contributed by atoms with Gasteiger partial charge in [-0.1, -0.05) is 38.5 Å². The van der Waals surface area contributed by atoms with Gasteiger partial charge in [0, 0.05) is 5.92 Å². The van der Waals surface area contributed by atoms with Gasteiger partial charge < -0.3 is 0 Å². The summed E-state index contributed by atoms with van der Waals surface area (Å²) in [6.07, 6.45) is 16.0. The van der Waals surface area contributed by atoms with Crippen LogP contribution in [0.4, 0.5) is 0 Å². The molecule has 3 saturated carbocycles. The van der Waals surface area contributed by atoms with Gasteiger partial charge in [0.25, 0.3) is 0 Å². The molecule has 0 radical (unpaired) electrons. The number of ketones is 1. The summed E-state index contributed by atoms with van der Waals surface area (Å²) in [5, 5.41) is 0. The highest BCUT2D eigenvalue weighted by molar-refractivity contribution is 5.92. The first-order chi connectivity index (χ1) is 11.0. The molecule has 1 heteroatoms. The molecule has 0 aromatic rings. The van der Waals surface area contributed by atoms with Crippen LogP contribution >= 0.6 is 0 Å². The van der Waals surface area contributed by atoms with Crippen LogP contribution in [0.25, 0.3) is 0 Å². The minimum absolute atomic E-state index is 0.239. The number of carbonyl (C=O) groups is 1. The van der Waals surface area contributed by atoms with Crippen LogP contribution in [-0.2, 0) is 4.79 Å². The van der Waals surface area contributed by atoms with Crippen LogP contribution in [0, 0.1) is 34.5 Å². The van der Waals surface area contributed by atoms with Gasteiger partial charge in [0.2, 0.25) is 0 Å². The predicted molar refractivity (Wildman–Crippen MR) is 95.0 cm³/mol. The summed E-state index contributed by atoms with van der Waals surface area (Å²) in [4.78, 5) is 12.4.